The summed E-state index contributed by atoms with van der Waals surface area (Å²) in [5.41, 5.74) is 0.796. The Labute approximate surface area is 135 Å². The number of aliphatic carboxylic acids is 1. The summed E-state index contributed by atoms with van der Waals surface area (Å²) in [6, 6.07) is 4.30. The van der Waals surface area contributed by atoms with E-state index in [1.165, 1.54) is 33.2 Å². The van der Waals surface area contributed by atoms with E-state index in [4.69, 9.17) is 5.11 Å². The quantitative estimate of drug-likeness (QED) is 0.735. The summed E-state index contributed by atoms with van der Waals surface area (Å²) in [4.78, 5) is 24.5. The highest BCUT2D eigenvalue weighted by molar-refractivity contribution is 7.89. The Morgan fingerprint density at radius 3 is 2.17 bits per heavy atom. The maximum absolute atomic E-state index is 12.2. The van der Waals surface area contributed by atoms with Crippen molar-refractivity contribution >= 4 is 33.3 Å². The Hall–Kier alpha value is -2.13. The van der Waals surface area contributed by atoms with Crippen LogP contribution in [0, 0.1) is 5.92 Å². The number of rotatable bonds is 6. The SMILES string of the molecule is CC(C(=O)O)C(=O)Nc1cc(S(=O)(=O)N(C)C)ccc1N(C)C. The summed E-state index contributed by atoms with van der Waals surface area (Å²) < 4.78 is 25.5. The van der Waals surface area contributed by atoms with E-state index in [1.807, 2.05) is 0 Å². The summed E-state index contributed by atoms with van der Waals surface area (Å²) in [6.07, 6.45) is 0. The van der Waals surface area contributed by atoms with Crippen LogP contribution >= 0.6 is 0 Å². The molecule has 0 aliphatic rings. The first kappa shape index (κ1) is 18.9. The highest BCUT2D eigenvalue weighted by Gasteiger charge is 2.24. The van der Waals surface area contributed by atoms with Gasteiger partial charge < -0.3 is 15.3 Å². The second-order valence-corrected chi connectivity index (χ2v) is 7.56. The zero-order valence-corrected chi connectivity index (χ0v) is 14.5. The molecule has 0 bridgehead atoms. The summed E-state index contributed by atoms with van der Waals surface area (Å²) in [5, 5.41) is 11.4. The summed E-state index contributed by atoms with van der Waals surface area (Å²) >= 11 is 0. The van der Waals surface area contributed by atoms with Crippen molar-refractivity contribution in [3.05, 3.63) is 18.2 Å². The molecule has 0 spiro atoms. The van der Waals surface area contributed by atoms with Crippen LogP contribution in [-0.4, -0.2) is 57.9 Å². The number of hydrogen-bond acceptors (Lipinski definition) is 5. The van der Waals surface area contributed by atoms with Gasteiger partial charge in [0.1, 0.15) is 5.92 Å². The van der Waals surface area contributed by atoms with Crippen LogP contribution in [0.3, 0.4) is 0 Å². The molecule has 9 heteroatoms. The lowest BCUT2D eigenvalue weighted by molar-refractivity contribution is -0.144. The number of benzene rings is 1. The smallest absolute Gasteiger partial charge is 0.315 e. The van der Waals surface area contributed by atoms with Gasteiger partial charge in [0.25, 0.3) is 0 Å². The number of amides is 1. The Morgan fingerprint density at radius 1 is 1.17 bits per heavy atom. The fourth-order valence-corrected chi connectivity index (χ4v) is 2.66. The number of nitrogens with zero attached hydrogens (tertiary/aromatic N) is 2. The molecule has 8 nitrogen and oxygen atoms in total. The fraction of sp³-hybridized carbons (Fsp3) is 0.429. The molecule has 1 unspecified atom stereocenters. The average Bonchev–Trinajstić information content (AvgIpc) is 2.45. The van der Waals surface area contributed by atoms with E-state index in [1.54, 1.807) is 25.1 Å². The largest absolute Gasteiger partial charge is 0.481 e. The van der Waals surface area contributed by atoms with E-state index >= 15 is 0 Å². The molecule has 1 aromatic carbocycles. The molecule has 0 aliphatic heterocycles. The molecule has 0 aromatic heterocycles. The lowest BCUT2D eigenvalue weighted by atomic mass is 10.1. The minimum atomic E-state index is -3.67. The van der Waals surface area contributed by atoms with Crippen molar-refractivity contribution in [3.63, 3.8) is 0 Å². The van der Waals surface area contributed by atoms with E-state index in [9.17, 15) is 18.0 Å². The van der Waals surface area contributed by atoms with E-state index < -0.39 is 27.8 Å². The molecule has 0 radical (unpaired) electrons. The first-order valence-electron chi connectivity index (χ1n) is 6.76. The lowest BCUT2D eigenvalue weighted by Crippen LogP contribution is -2.28. The predicted octanol–water partition coefficient (Wildman–Crippen LogP) is 0.662. The molecule has 0 aliphatic carbocycles. The number of anilines is 2. The molecule has 0 saturated carbocycles. The minimum Gasteiger partial charge on any atom is -0.481 e. The van der Waals surface area contributed by atoms with Gasteiger partial charge in [-0.3, -0.25) is 9.59 Å². The zero-order chi connectivity index (χ0) is 17.9. The highest BCUT2D eigenvalue weighted by Crippen LogP contribution is 2.29. The maximum atomic E-state index is 12.2. The Balaban J connectivity index is 3.33. The van der Waals surface area contributed by atoms with Gasteiger partial charge in [-0.05, 0) is 25.1 Å². The van der Waals surface area contributed by atoms with Crippen LogP contribution in [0.25, 0.3) is 0 Å². The van der Waals surface area contributed by atoms with Crippen LogP contribution in [0.1, 0.15) is 6.92 Å². The van der Waals surface area contributed by atoms with Crippen molar-refractivity contribution < 1.29 is 23.1 Å². The first-order valence-corrected chi connectivity index (χ1v) is 8.20. The van der Waals surface area contributed by atoms with Crippen molar-refractivity contribution in [2.24, 2.45) is 5.92 Å². The van der Waals surface area contributed by atoms with Crippen LogP contribution in [0.2, 0.25) is 0 Å². The number of carboxylic acids is 1. The molecular formula is C14H21N3O5S. The van der Waals surface area contributed by atoms with E-state index in [0.29, 0.717) is 5.69 Å². The number of sulfonamides is 1. The van der Waals surface area contributed by atoms with Gasteiger partial charge in [-0.1, -0.05) is 0 Å². The number of carbonyl (C=O) groups excluding carboxylic acids is 1. The van der Waals surface area contributed by atoms with Gasteiger partial charge in [0, 0.05) is 28.2 Å². The summed E-state index contributed by atoms with van der Waals surface area (Å²) in [5.74, 6) is -3.23. The van der Waals surface area contributed by atoms with Gasteiger partial charge >= 0.3 is 5.97 Å². The minimum absolute atomic E-state index is 0.00591. The molecule has 1 rings (SSSR count). The van der Waals surface area contributed by atoms with Gasteiger partial charge in [-0.15, -0.1) is 0 Å². The third-order valence-corrected chi connectivity index (χ3v) is 5.06. The topological polar surface area (TPSA) is 107 Å². The molecule has 1 aromatic rings. The van der Waals surface area contributed by atoms with Crippen LogP contribution in [0.15, 0.2) is 23.1 Å². The van der Waals surface area contributed by atoms with E-state index in [-0.39, 0.29) is 10.6 Å². The van der Waals surface area contributed by atoms with Gasteiger partial charge in [-0.25, -0.2) is 12.7 Å². The van der Waals surface area contributed by atoms with Crippen LogP contribution in [0.5, 0.6) is 0 Å². The molecular weight excluding hydrogens is 322 g/mol. The third-order valence-electron chi connectivity index (χ3n) is 3.25. The molecule has 0 heterocycles. The van der Waals surface area contributed by atoms with Crippen molar-refractivity contribution in [2.45, 2.75) is 11.8 Å². The van der Waals surface area contributed by atoms with Gasteiger partial charge in [0.05, 0.1) is 16.3 Å². The van der Waals surface area contributed by atoms with Crippen LogP contribution in [0.4, 0.5) is 11.4 Å². The maximum Gasteiger partial charge on any atom is 0.315 e. The molecule has 1 atom stereocenters. The summed E-state index contributed by atoms with van der Waals surface area (Å²) in [6.45, 7) is 1.26. The lowest BCUT2D eigenvalue weighted by Gasteiger charge is -2.20. The van der Waals surface area contributed by atoms with Crippen molar-refractivity contribution in [2.75, 3.05) is 38.4 Å². The Morgan fingerprint density at radius 2 is 1.74 bits per heavy atom. The molecule has 128 valence electrons. The Bertz CT molecular complexity index is 713. The molecule has 1 amide bonds. The molecule has 23 heavy (non-hydrogen) atoms. The number of nitrogens with one attached hydrogen (secondary N) is 1. The van der Waals surface area contributed by atoms with E-state index in [0.717, 1.165) is 4.31 Å². The number of carbonyl (C=O) groups is 2. The number of carboxylic acid groups (broad SMARTS) is 1. The third kappa shape index (κ3) is 4.20. The van der Waals surface area contributed by atoms with Crippen LogP contribution in [-0.2, 0) is 19.6 Å². The summed E-state index contributed by atoms with van der Waals surface area (Å²) in [7, 11) is 2.59. The molecule has 0 saturated heterocycles. The second kappa shape index (κ2) is 6.97. The average molecular weight is 343 g/mol. The van der Waals surface area contributed by atoms with Crippen molar-refractivity contribution in [1.82, 2.24) is 4.31 Å². The standard InChI is InChI=1S/C14H21N3O5S/c1-9(14(19)20)13(18)15-11-8-10(23(21,22)17(4)5)6-7-12(11)16(2)3/h6-9H,1-5H3,(H,15,18)(H,19,20). The van der Waals surface area contributed by atoms with Crippen LogP contribution < -0.4 is 10.2 Å². The highest BCUT2D eigenvalue weighted by atomic mass is 32.2. The van der Waals surface area contributed by atoms with Gasteiger partial charge in [0.2, 0.25) is 15.9 Å². The fourth-order valence-electron chi connectivity index (χ4n) is 1.73. The molecule has 0 fully saturated rings. The van der Waals surface area contributed by atoms with Crippen molar-refractivity contribution in [3.8, 4) is 0 Å². The number of hydrogen-bond donors (Lipinski definition) is 2. The predicted molar refractivity (Wildman–Crippen MR) is 87.1 cm³/mol. The normalized spacial score (nSPS) is 12.8. The molecule has 2 N–H and O–H groups in total. The Kier molecular flexibility index (Phi) is 5.73. The first-order chi connectivity index (χ1) is 10.5. The zero-order valence-electron chi connectivity index (χ0n) is 13.7. The van der Waals surface area contributed by atoms with Gasteiger partial charge in [0.15, 0.2) is 0 Å². The second-order valence-electron chi connectivity index (χ2n) is 5.41. The van der Waals surface area contributed by atoms with E-state index in [2.05, 4.69) is 5.32 Å². The monoisotopic (exact) mass is 343 g/mol. The van der Waals surface area contributed by atoms with Crippen molar-refractivity contribution in [1.29, 1.82) is 0 Å². The van der Waals surface area contributed by atoms with Gasteiger partial charge in [-0.2, -0.15) is 0 Å².